The number of ketones is 1. The van der Waals surface area contributed by atoms with Crippen LogP contribution in [0, 0.1) is 6.92 Å². The summed E-state index contributed by atoms with van der Waals surface area (Å²) in [5.74, 6) is 0.122. The minimum atomic E-state index is -0.0332. The molecule has 2 aromatic heterocycles. The van der Waals surface area contributed by atoms with Crippen molar-refractivity contribution in [1.29, 1.82) is 0 Å². The number of carbonyl (C=O) groups excluding carboxylic acids is 2. The molecule has 0 fully saturated rings. The molecule has 6 heteroatoms. The quantitative estimate of drug-likeness (QED) is 0.644. The van der Waals surface area contributed by atoms with Crippen LogP contribution < -0.4 is 0 Å². The van der Waals surface area contributed by atoms with Gasteiger partial charge in [0.1, 0.15) is 12.0 Å². The smallest absolute Gasteiger partial charge is 0.227 e. The van der Waals surface area contributed by atoms with Gasteiger partial charge < -0.3 is 14.0 Å². The molecule has 29 heavy (non-hydrogen) atoms. The highest BCUT2D eigenvalue weighted by molar-refractivity contribution is 6.01. The fraction of sp³-hybridized carbons (Fsp3) is 0.348. The molecule has 4 rings (SSSR count). The summed E-state index contributed by atoms with van der Waals surface area (Å²) in [6, 6.07) is 12.0. The van der Waals surface area contributed by atoms with E-state index in [1.807, 2.05) is 25.1 Å². The Labute approximate surface area is 170 Å². The molecule has 0 unspecified atom stereocenters. The maximum atomic E-state index is 12.9. The second-order valence-corrected chi connectivity index (χ2v) is 7.65. The standard InChI is InChI=1S/C23H25N3O3/c1-16-19(13-22(28)25(2)15-18-11-12-29-24-18)23-20(9-6-10-21(23)27)26(16)14-17-7-4-3-5-8-17/h3-5,7-8,11-12H,6,9-10,13-15H2,1-2H3. The zero-order valence-corrected chi connectivity index (χ0v) is 16.9. The van der Waals surface area contributed by atoms with Crippen molar-refractivity contribution in [3.8, 4) is 0 Å². The van der Waals surface area contributed by atoms with E-state index in [4.69, 9.17) is 4.52 Å². The Bertz CT molecular complexity index is 1020. The van der Waals surface area contributed by atoms with Gasteiger partial charge in [-0.25, -0.2) is 0 Å². The largest absolute Gasteiger partial charge is 0.364 e. The van der Waals surface area contributed by atoms with Gasteiger partial charge in [0.25, 0.3) is 0 Å². The van der Waals surface area contributed by atoms with Crippen molar-refractivity contribution in [3.05, 3.63) is 76.4 Å². The Kier molecular flexibility index (Phi) is 5.34. The Morgan fingerprint density at radius 1 is 1.21 bits per heavy atom. The van der Waals surface area contributed by atoms with E-state index in [1.165, 1.54) is 11.8 Å². The van der Waals surface area contributed by atoms with Crippen LogP contribution in [-0.4, -0.2) is 33.4 Å². The molecular weight excluding hydrogens is 366 g/mol. The summed E-state index contributed by atoms with van der Waals surface area (Å²) >= 11 is 0. The van der Waals surface area contributed by atoms with E-state index >= 15 is 0 Å². The molecule has 3 aromatic rings. The first-order chi connectivity index (χ1) is 14.0. The normalized spacial score (nSPS) is 13.4. The topological polar surface area (TPSA) is 68.3 Å². The van der Waals surface area contributed by atoms with E-state index in [0.29, 0.717) is 25.2 Å². The lowest BCUT2D eigenvalue weighted by Crippen LogP contribution is -2.28. The molecule has 0 atom stereocenters. The highest BCUT2D eigenvalue weighted by atomic mass is 16.5. The lowest BCUT2D eigenvalue weighted by atomic mass is 9.92. The fourth-order valence-corrected chi connectivity index (χ4v) is 4.12. The summed E-state index contributed by atoms with van der Waals surface area (Å²) in [4.78, 5) is 27.3. The third-order valence-electron chi connectivity index (χ3n) is 5.68. The third-order valence-corrected chi connectivity index (χ3v) is 5.68. The zero-order chi connectivity index (χ0) is 20.4. The third kappa shape index (κ3) is 3.88. The Hall–Kier alpha value is -3.15. The van der Waals surface area contributed by atoms with Gasteiger partial charge in [-0.1, -0.05) is 35.5 Å². The second kappa shape index (κ2) is 8.07. The van der Waals surface area contributed by atoms with Gasteiger partial charge >= 0.3 is 0 Å². The first-order valence-electron chi connectivity index (χ1n) is 9.95. The number of amides is 1. The van der Waals surface area contributed by atoms with Gasteiger partial charge in [-0.15, -0.1) is 0 Å². The van der Waals surface area contributed by atoms with Crippen LogP contribution in [0.15, 0.2) is 47.2 Å². The Morgan fingerprint density at radius 3 is 2.72 bits per heavy atom. The molecule has 1 amide bonds. The number of hydrogen-bond acceptors (Lipinski definition) is 4. The number of aromatic nitrogens is 2. The van der Waals surface area contributed by atoms with Gasteiger partial charge in [-0.05, 0) is 30.9 Å². The van der Waals surface area contributed by atoms with Crippen molar-refractivity contribution >= 4 is 11.7 Å². The van der Waals surface area contributed by atoms with Crippen LogP contribution in [0.1, 0.15) is 51.4 Å². The van der Waals surface area contributed by atoms with Gasteiger partial charge in [0.2, 0.25) is 5.91 Å². The zero-order valence-electron chi connectivity index (χ0n) is 16.9. The van der Waals surface area contributed by atoms with E-state index < -0.39 is 0 Å². The number of carbonyl (C=O) groups is 2. The minimum Gasteiger partial charge on any atom is -0.364 e. The number of rotatable bonds is 6. The summed E-state index contributed by atoms with van der Waals surface area (Å²) in [7, 11) is 1.75. The number of Topliss-reactive ketones (excluding diaryl/α,β-unsaturated/α-hetero) is 1. The van der Waals surface area contributed by atoms with Gasteiger partial charge in [0.15, 0.2) is 5.78 Å². The predicted molar refractivity (Wildman–Crippen MR) is 109 cm³/mol. The predicted octanol–water partition coefficient (Wildman–Crippen LogP) is 3.55. The lowest BCUT2D eigenvalue weighted by Gasteiger charge is -2.17. The molecule has 0 radical (unpaired) electrons. The molecule has 2 heterocycles. The summed E-state index contributed by atoms with van der Waals surface area (Å²) in [6.07, 6.45) is 4.01. The Balaban J connectivity index is 1.64. The Morgan fingerprint density at radius 2 is 2.00 bits per heavy atom. The molecule has 1 aromatic carbocycles. The van der Waals surface area contributed by atoms with Crippen molar-refractivity contribution in [3.63, 3.8) is 0 Å². The van der Waals surface area contributed by atoms with Crippen molar-refractivity contribution in [2.24, 2.45) is 0 Å². The van der Waals surface area contributed by atoms with Crippen LogP contribution in [0.4, 0.5) is 0 Å². The maximum absolute atomic E-state index is 12.9. The van der Waals surface area contributed by atoms with Crippen molar-refractivity contribution in [1.82, 2.24) is 14.6 Å². The highest BCUT2D eigenvalue weighted by Gasteiger charge is 2.29. The highest BCUT2D eigenvalue weighted by Crippen LogP contribution is 2.31. The average molecular weight is 391 g/mol. The lowest BCUT2D eigenvalue weighted by molar-refractivity contribution is -0.129. The number of benzene rings is 1. The van der Waals surface area contributed by atoms with Crippen LogP contribution in [0.2, 0.25) is 0 Å². The molecule has 1 aliphatic carbocycles. The number of likely N-dealkylation sites (N-methyl/N-ethyl adjacent to an activating group) is 1. The van der Waals surface area contributed by atoms with E-state index in [-0.39, 0.29) is 18.1 Å². The van der Waals surface area contributed by atoms with Crippen LogP contribution in [-0.2, 0) is 30.7 Å². The number of hydrogen-bond donors (Lipinski definition) is 0. The van der Waals surface area contributed by atoms with Crippen LogP contribution in [0.3, 0.4) is 0 Å². The first-order valence-corrected chi connectivity index (χ1v) is 9.95. The second-order valence-electron chi connectivity index (χ2n) is 7.65. The number of fused-ring (bicyclic) bond motifs is 1. The summed E-state index contributed by atoms with van der Waals surface area (Å²) in [6.45, 7) is 3.12. The van der Waals surface area contributed by atoms with Crippen LogP contribution in [0.5, 0.6) is 0 Å². The van der Waals surface area contributed by atoms with E-state index in [2.05, 4.69) is 21.9 Å². The van der Waals surface area contributed by atoms with Gasteiger partial charge in [-0.2, -0.15) is 0 Å². The van der Waals surface area contributed by atoms with E-state index in [0.717, 1.165) is 35.4 Å². The molecule has 0 saturated heterocycles. The molecule has 0 saturated carbocycles. The molecule has 6 nitrogen and oxygen atoms in total. The first kappa shape index (κ1) is 19.2. The molecule has 0 bridgehead atoms. The maximum Gasteiger partial charge on any atom is 0.227 e. The molecule has 0 N–H and O–H groups in total. The van der Waals surface area contributed by atoms with E-state index in [9.17, 15) is 9.59 Å². The summed E-state index contributed by atoms with van der Waals surface area (Å²) in [5.41, 5.74) is 5.62. The van der Waals surface area contributed by atoms with Crippen molar-refractivity contribution < 1.29 is 14.1 Å². The number of nitrogens with zero attached hydrogens (tertiary/aromatic N) is 3. The molecule has 150 valence electrons. The monoisotopic (exact) mass is 391 g/mol. The summed E-state index contributed by atoms with van der Waals surface area (Å²) < 4.78 is 7.07. The fourth-order valence-electron chi connectivity index (χ4n) is 4.12. The molecular formula is C23H25N3O3. The van der Waals surface area contributed by atoms with Crippen molar-refractivity contribution in [2.75, 3.05) is 7.05 Å². The summed E-state index contributed by atoms with van der Waals surface area (Å²) in [5, 5.41) is 3.87. The van der Waals surface area contributed by atoms with Crippen molar-refractivity contribution in [2.45, 2.75) is 45.7 Å². The van der Waals surface area contributed by atoms with Gasteiger partial charge in [0, 0.05) is 43.0 Å². The van der Waals surface area contributed by atoms with Crippen LogP contribution in [0.25, 0.3) is 0 Å². The van der Waals surface area contributed by atoms with Gasteiger partial charge in [-0.3, -0.25) is 9.59 Å². The average Bonchev–Trinajstić information content (AvgIpc) is 3.32. The van der Waals surface area contributed by atoms with Crippen LogP contribution >= 0.6 is 0 Å². The van der Waals surface area contributed by atoms with E-state index in [1.54, 1.807) is 18.0 Å². The van der Waals surface area contributed by atoms with Gasteiger partial charge in [0.05, 0.1) is 13.0 Å². The molecule has 0 aliphatic heterocycles. The SMILES string of the molecule is Cc1c(CC(=O)N(C)Cc2ccon2)c2c(n1Cc1ccccc1)CCCC2=O. The molecule has 0 spiro atoms. The minimum absolute atomic E-state index is 0.0332. The molecule has 1 aliphatic rings.